The molecule has 1 aliphatic heterocycles. The van der Waals surface area contributed by atoms with Crippen molar-refractivity contribution in [1.82, 2.24) is 4.90 Å². The van der Waals surface area contributed by atoms with E-state index < -0.39 is 11.9 Å². The molecule has 6 nitrogen and oxygen atoms in total. The van der Waals surface area contributed by atoms with Crippen LogP contribution in [0.1, 0.15) is 29.3 Å². The molecule has 2 amide bonds. The lowest BCUT2D eigenvalue weighted by atomic mass is 9.91. The van der Waals surface area contributed by atoms with Gasteiger partial charge in [0.1, 0.15) is 0 Å². The summed E-state index contributed by atoms with van der Waals surface area (Å²) in [5, 5.41) is 12.0. The Morgan fingerprint density at radius 3 is 2.41 bits per heavy atom. The van der Waals surface area contributed by atoms with E-state index in [4.69, 9.17) is 0 Å². The molecular weight excluding hydrogens is 344 g/mol. The van der Waals surface area contributed by atoms with Crippen LogP contribution >= 0.6 is 0 Å². The predicted molar refractivity (Wildman–Crippen MR) is 102 cm³/mol. The molecule has 1 fully saturated rings. The quantitative estimate of drug-likeness (QED) is 0.811. The lowest BCUT2D eigenvalue weighted by molar-refractivity contribution is -0.143. The second-order valence-corrected chi connectivity index (χ2v) is 6.99. The zero-order valence-electron chi connectivity index (χ0n) is 15.1. The van der Waals surface area contributed by atoms with Gasteiger partial charge in [0.05, 0.1) is 5.92 Å². The van der Waals surface area contributed by atoms with Gasteiger partial charge in [-0.15, -0.1) is 0 Å². The van der Waals surface area contributed by atoms with Crippen LogP contribution in [0.3, 0.4) is 0 Å². The maximum atomic E-state index is 12.6. The summed E-state index contributed by atoms with van der Waals surface area (Å²) >= 11 is 0. The van der Waals surface area contributed by atoms with Gasteiger partial charge in [0.15, 0.2) is 5.78 Å². The third-order valence-electron chi connectivity index (χ3n) is 4.71. The highest BCUT2D eigenvalue weighted by Crippen LogP contribution is 2.23. The predicted octanol–water partition coefficient (Wildman–Crippen LogP) is 3.49. The average molecular weight is 366 g/mol. The van der Waals surface area contributed by atoms with E-state index in [0.717, 1.165) is 0 Å². The van der Waals surface area contributed by atoms with E-state index >= 15 is 0 Å². The molecule has 2 aromatic rings. The highest BCUT2D eigenvalue weighted by atomic mass is 16.4. The van der Waals surface area contributed by atoms with Crippen molar-refractivity contribution in [3.63, 3.8) is 0 Å². The Morgan fingerprint density at radius 2 is 1.70 bits per heavy atom. The second kappa shape index (κ2) is 8.03. The fourth-order valence-electron chi connectivity index (χ4n) is 3.39. The van der Waals surface area contributed by atoms with Gasteiger partial charge >= 0.3 is 12.0 Å². The number of amides is 2. The van der Waals surface area contributed by atoms with Gasteiger partial charge in [0, 0.05) is 29.9 Å². The first-order valence-corrected chi connectivity index (χ1v) is 8.92. The summed E-state index contributed by atoms with van der Waals surface area (Å²) in [5.74, 6) is -1.43. The maximum Gasteiger partial charge on any atom is 0.321 e. The van der Waals surface area contributed by atoms with Crippen LogP contribution < -0.4 is 5.32 Å². The van der Waals surface area contributed by atoms with Crippen molar-refractivity contribution in [2.24, 2.45) is 11.8 Å². The second-order valence-electron chi connectivity index (χ2n) is 6.99. The summed E-state index contributed by atoms with van der Waals surface area (Å²) in [6, 6.07) is 15.3. The summed E-state index contributed by atoms with van der Waals surface area (Å²) in [5.41, 5.74) is 1.57. The van der Waals surface area contributed by atoms with E-state index in [0.29, 0.717) is 29.8 Å². The standard InChI is InChI=1S/C21H22N2O4/c1-14-10-17(20(25)26)13-23(12-14)21(27)22-18-9-5-8-16(11-18)19(24)15-6-3-2-4-7-15/h2-9,11,14,17H,10,12-13H2,1H3,(H,22,27)(H,25,26). The fourth-order valence-corrected chi connectivity index (χ4v) is 3.39. The number of likely N-dealkylation sites (tertiary alicyclic amines) is 1. The number of piperidine rings is 1. The van der Waals surface area contributed by atoms with Crippen LogP contribution in [0.5, 0.6) is 0 Å². The third-order valence-corrected chi connectivity index (χ3v) is 4.71. The number of urea groups is 1. The van der Waals surface area contributed by atoms with Crippen LogP contribution in [0, 0.1) is 11.8 Å². The molecule has 2 N–H and O–H groups in total. The largest absolute Gasteiger partial charge is 0.481 e. The van der Waals surface area contributed by atoms with Crippen molar-refractivity contribution in [1.29, 1.82) is 0 Å². The lowest BCUT2D eigenvalue weighted by Crippen LogP contribution is -2.47. The van der Waals surface area contributed by atoms with Gasteiger partial charge in [0.2, 0.25) is 0 Å². The summed E-state index contributed by atoms with van der Waals surface area (Å²) < 4.78 is 0. The van der Waals surface area contributed by atoms with Crippen LogP contribution in [0.2, 0.25) is 0 Å². The molecular formula is C21H22N2O4. The van der Waals surface area contributed by atoms with Crippen LogP contribution in [-0.2, 0) is 4.79 Å². The number of hydrogen-bond acceptors (Lipinski definition) is 3. The number of carboxylic acids is 1. The maximum absolute atomic E-state index is 12.6. The normalized spacial score (nSPS) is 19.4. The molecule has 0 spiro atoms. The molecule has 0 saturated carbocycles. The van der Waals surface area contributed by atoms with Crippen molar-refractivity contribution in [3.8, 4) is 0 Å². The molecule has 2 atom stereocenters. The van der Waals surface area contributed by atoms with E-state index in [2.05, 4.69) is 5.32 Å². The first-order valence-electron chi connectivity index (χ1n) is 8.92. The first-order chi connectivity index (χ1) is 12.9. The molecule has 140 valence electrons. The zero-order valence-corrected chi connectivity index (χ0v) is 15.1. The Labute approximate surface area is 157 Å². The number of rotatable bonds is 4. The number of aliphatic carboxylic acids is 1. The average Bonchev–Trinajstić information content (AvgIpc) is 2.67. The van der Waals surface area contributed by atoms with Crippen LogP contribution in [0.4, 0.5) is 10.5 Å². The van der Waals surface area contributed by atoms with Crippen LogP contribution in [0.15, 0.2) is 54.6 Å². The van der Waals surface area contributed by atoms with E-state index in [1.54, 1.807) is 48.5 Å². The minimum absolute atomic E-state index is 0.121. The Morgan fingerprint density at radius 1 is 1.00 bits per heavy atom. The number of nitrogens with zero attached hydrogens (tertiary/aromatic N) is 1. The van der Waals surface area contributed by atoms with Gasteiger partial charge in [-0.25, -0.2) is 4.79 Å². The minimum atomic E-state index is -0.880. The number of nitrogens with one attached hydrogen (secondary N) is 1. The third kappa shape index (κ3) is 4.53. The Hall–Kier alpha value is -3.15. The molecule has 6 heteroatoms. The summed E-state index contributed by atoms with van der Waals surface area (Å²) in [4.78, 5) is 37.9. The number of hydrogen-bond donors (Lipinski definition) is 2. The summed E-state index contributed by atoms with van der Waals surface area (Å²) in [7, 11) is 0. The van der Waals surface area contributed by atoms with E-state index in [1.807, 2.05) is 13.0 Å². The van der Waals surface area contributed by atoms with E-state index in [-0.39, 0.29) is 24.3 Å². The van der Waals surface area contributed by atoms with Crippen molar-refractivity contribution < 1.29 is 19.5 Å². The number of carbonyl (C=O) groups is 3. The molecule has 1 aliphatic rings. The van der Waals surface area contributed by atoms with Crippen molar-refractivity contribution in [2.75, 3.05) is 18.4 Å². The number of anilines is 1. The monoisotopic (exact) mass is 366 g/mol. The molecule has 0 aromatic heterocycles. The van der Waals surface area contributed by atoms with Gasteiger partial charge in [-0.05, 0) is 24.5 Å². The Kier molecular flexibility index (Phi) is 5.54. The fraction of sp³-hybridized carbons (Fsp3) is 0.286. The highest BCUT2D eigenvalue weighted by molar-refractivity contribution is 6.09. The molecule has 2 aromatic carbocycles. The number of benzene rings is 2. The van der Waals surface area contributed by atoms with Gasteiger partial charge in [-0.1, -0.05) is 49.4 Å². The number of carbonyl (C=O) groups excluding carboxylic acids is 2. The van der Waals surface area contributed by atoms with E-state index in [9.17, 15) is 19.5 Å². The molecule has 27 heavy (non-hydrogen) atoms. The molecule has 1 saturated heterocycles. The Bertz CT molecular complexity index is 850. The SMILES string of the molecule is CC1CC(C(=O)O)CN(C(=O)Nc2cccc(C(=O)c3ccccc3)c2)C1. The molecule has 0 radical (unpaired) electrons. The summed E-state index contributed by atoms with van der Waals surface area (Å²) in [6.45, 7) is 2.64. The number of carboxylic acid groups (broad SMARTS) is 1. The molecule has 3 rings (SSSR count). The van der Waals surface area contributed by atoms with Gasteiger partial charge in [0.25, 0.3) is 0 Å². The smallest absolute Gasteiger partial charge is 0.321 e. The molecule has 2 unspecified atom stereocenters. The first kappa shape index (κ1) is 18.6. The van der Waals surface area contributed by atoms with Crippen LogP contribution in [0.25, 0.3) is 0 Å². The minimum Gasteiger partial charge on any atom is -0.481 e. The number of ketones is 1. The summed E-state index contributed by atoms with van der Waals surface area (Å²) in [6.07, 6.45) is 0.570. The van der Waals surface area contributed by atoms with Crippen LogP contribution in [-0.4, -0.2) is 40.9 Å². The molecule has 1 heterocycles. The van der Waals surface area contributed by atoms with Gasteiger partial charge in [-0.3, -0.25) is 9.59 Å². The Balaban J connectivity index is 1.71. The van der Waals surface area contributed by atoms with Crippen molar-refractivity contribution in [3.05, 3.63) is 65.7 Å². The lowest BCUT2D eigenvalue weighted by Gasteiger charge is -2.34. The molecule has 0 bridgehead atoms. The van der Waals surface area contributed by atoms with Crippen molar-refractivity contribution >= 4 is 23.5 Å². The van der Waals surface area contributed by atoms with Crippen molar-refractivity contribution in [2.45, 2.75) is 13.3 Å². The van der Waals surface area contributed by atoms with E-state index in [1.165, 1.54) is 4.90 Å². The molecule has 0 aliphatic carbocycles. The van der Waals surface area contributed by atoms with Gasteiger partial charge < -0.3 is 15.3 Å². The van der Waals surface area contributed by atoms with Gasteiger partial charge in [-0.2, -0.15) is 0 Å². The zero-order chi connectivity index (χ0) is 19.4. The highest BCUT2D eigenvalue weighted by Gasteiger charge is 2.31. The topological polar surface area (TPSA) is 86.7 Å².